The molecule has 1 N–H and O–H groups in total. The predicted molar refractivity (Wildman–Crippen MR) is 109 cm³/mol. The fourth-order valence-corrected chi connectivity index (χ4v) is 3.12. The molecule has 0 fully saturated rings. The Labute approximate surface area is 169 Å². The Balaban J connectivity index is 1.60. The molecule has 0 amide bonds. The van der Waals surface area contributed by atoms with Gasteiger partial charge in [-0.2, -0.15) is 0 Å². The summed E-state index contributed by atoms with van der Waals surface area (Å²) >= 11 is 5.91. The van der Waals surface area contributed by atoms with Crippen molar-refractivity contribution in [1.29, 1.82) is 0 Å². The van der Waals surface area contributed by atoms with Crippen LogP contribution in [0.5, 0.6) is 0 Å². The van der Waals surface area contributed by atoms with Crippen LogP contribution < -0.4 is 5.43 Å². The van der Waals surface area contributed by atoms with Gasteiger partial charge in [-0.05, 0) is 36.4 Å². The van der Waals surface area contributed by atoms with Crippen molar-refractivity contribution >= 4 is 22.6 Å². The first kappa shape index (κ1) is 17.3. The number of hydrogen-bond acceptors (Lipinski definition) is 6. The number of aromatic amines is 1. The third-order valence-corrected chi connectivity index (χ3v) is 4.72. The molecule has 0 aliphatic heterocycles. The summed E-state index contributed by atoms with van der Waals surface area (Å²) in [6, 6.07) is 12.5. The summed E-state index contributed by atoms with van der Waals surface area (Å²) in [5.74, 6) is 0.434. The van der Waals surface area contributed by atoms with Crippen molar-refractivity contribution in [3.63, 3.8) is 0 Å². The van der Waals surface area contributed by atoms with Gasteiger partial charge < -0.3 is 9.40 Å². The van der Waals surface area contributed by atoms with Gasteiger partial charge in [0.15, 0.2) is 0 Å². The summed E-state index contributed by atoms with van der Waals surface area (Å²) in [6.45, 7) is 0. The Bertz CT molecular complexity index is 1380. The zero-order valence-corrected chi connectivity index (χ0v) is 15.6. The van der Waals surface area contributed by atoms with Crippen molar-refractivity contribution in [3.05, 3.63) is 82.5 Å². The van der Waals surface area contributed by atoms with Crippen molar-refractivity contribution in [2.24, 2.45) is 0 Å². The molecule has 0 saturated heterocycles. The van der Waals surface area contributed by atoms with E-state index in [0.717, 1.165) is 11.1 Å². The molecule has 0 unspecified atom stereocenters. The highest BCUT2D eigenvalue weighted by Gasteiger charge is 2.16. The van der Waals surface area contributed by atoms with Crippen molar-refractivity contribution in [2.75, 3.05) is 0 Å². The average molecular weight is 402 g/mol. The molecule has 5 rings (SSSR count). The molecule has 5 aromatic rings. The third kappa shape index (κ3) is 3.17. The Hall–Kier alpha value is -3.84. The molecular weight excluding hydrogens is 390 g/mol. The molecule has 8 heteroatoms. The molecule has 4 aromatic heterocycles. The maximum absolute atomic E-state index is 13.1. The molecule has 0 bridgehead atoms. The van der Waals surface area contributed by atoms with E-state index in [1.807, 2.05) is 12.1 Å². The fourth-order valence-electron chi connectivity index (χ4n) is 3.00. The maximum Gasteiger partial charge on any atom is 0.253 e. The van der Waals surface area contributed by atoms with Gasteiger partial charge in [0, 0.05) is 46.5 Å². The zero-order chi connectivity index (χ0) is 19.8. The van der Waals surface area contributed by atoms with E-state index < -0.39 is 0 Å². The number of pyridine rings is 3. The topological polar surface area (TPSA) is 97.6 Å². The summed E-state index contributed by atoms with van der Waals surface area (Å²) in [7, 11) is 0. The lowest BCUT2D eigenvalue weighted by molar-refractivity contribution is 0.584. The second-order valence-corrected chi connectivity index (χ2v) is 6.75. The van der Waals surface area contributed by atoms with E-state index in [0.29, 0.717) is 27.5 Å². The first-order valence-corrected chi connectivity index (χ1v) is 9.08. The molecule has 4 heterocycles. The third-order valence-electron chi connectivity index (χ3n) is 4.47. The molecule has 0 aliphatic carbocycles. The Morgan fingerprint density at radius 1 is 0.931 bits per heavy atom. The molecule has 0 atom stereocenters. The summed E-state index contributed by atoms with van der Waals surface area (Å²) in [6.07, 6.45) is 6.63. The number of benzene rings is 1. The lowest BCUT2D eigenvalue weighted by atomic mass is 10.1. The highest BCUT2D eigenvalue weighted by molar-refractivity contribution is 6.30. The van der Waals surface area contributed by atoms with Crippen LogP contribution in [-0.2, 0) is 0 Å². The van der Waals surface area contributed by atoms with Crippen molar-refractivity contribution in [3.8, 4) is 34.0 Å². The maximum atomic E-state index is 13.1. The van der Waals surface area contributed by atoms with E-state index in [1.54, 1.807) is 48.9 Å². The largest absolute Gasteiger partial charge is 0.416 e. The SMILES string of the molecule is O=c1c(-c2nnc(-c3ccc(Cl)cc3)o2)c[nH]c2ncc(-c3cccnc3)cc12. The van der Waals surface area contributed by atoms with Gasteiger partial charge in [0.05, 0.1) is 5.39 Å². The molecular formula is C21H12ClN5O2. The molecule has 0 radical (unpaired) electrons. The summed E-state index contributed by atoms with van der Waals surface area (Å²) < 4.78 is 5.72. The Morgan fingerprint density at radius 2 is 1.76 bits per heavy atom. The second-order valence-electron chi connectivity index (χ2n) is 6.31. The normalized spacial score (nSPS) is 11.1. The van der Waals surface area contributed by atoms with Gasteiger partial charge >= 0.3 is 0 Å². The standard InChI is InChI=1S/C21H12ClN5O2/c22-15-5-3-12(4-6-15)20-26-27-21(29-20)17-11-25-19-16(18(17)28)8-14(10-24-19)13-2-1-7-23-9-13/h1-11H,(H,24,25,28). The summed E-state index contributed by atoms with van der Waals surface area (Å²) in [4.78, 5) is 24.6. The van der Waals surface area contributed by atoms with Crippen molar-refractivity contribution < 1.29 is 4.42 Å². The molecule has 0 spiro atoms. The van der Waals surface area contributed by atoms with Crippen LogP contribution in [0.3, 0.4) is 0 Å². The molecule has 1 aromatic carbocycles. The van der Waals surface area contributed by atoms with Crippen LogP contribution in [0.1, 0.15) is 0 Å². The van der Waals surface area contributed by atoms with E-state index in [4.69, 9.17) is 16.0 Å². The first-order chi connectivity index (χ1) is 14.2. The zero-order valence-electron chi connectivity index (χ0n) is 14.8. The van der Waals surface area contributed by atoms with Gasteiger partial charge in [-0.1, -0.05) is 17.7 Å². The minimum Gasteiger partial charge on any atom is -0.416 e. The lowest BCUT2D eigenvalue weighted by Crippen LogP contribution is -2.07. The van der Waals surface area contributed by atoms with Crippen LogP contribution in [0, 0.1) is 0 Å². The minimum absolute atomic E-state index is 0.130. The molecule has 0 aliphatic rings. The molecule has 29 heavy (non-hydrogen) atoms. The van der Waals surface area contributed by atoms with Gasteiger partial charge in [0.2, 0.25) is 11.3 Å². The van der Waals surface area contributed by atoms with E-state index in [1.165, 1.54) is 6.20 Å². The number of nitrogens with one attached hydrogen (secondary N) is 1. The number of aromatic nitrogens is 5. The fraction of sp³-hybridized carbons (Fsp3) is 0. The van der Waals surface area contributed by atoms with E-state index in [2.05, 4.69) is 25.1 Å². The van der Waals surface area contributed by atoms with Crippen LogP contribution >= 0.6 is 11.6 Å². The van der Waals surface area contributed by atoms with E-state index in [-0.39, 0.29) is 16.9 Å². The van der Waals surface area contributed by atoms with E-state index in [9.17, 15) is 4.79 Å². The number of nitrogens with zero attached hydrogens (tertiary/aromatic N) is 4. The summed E-state index contributed by atoms with van der Waals surface area (Å²) in [5, 5.41) is 9.11. The van der Waals surface area contributed by atoms with Crippen LogP contribution in [0.4, 0.5) is 0 Å². The average Bonchev–Trinajstić information content (AvgIpc) is 3.25. The highest BCUT2D eigenvalue weighted by atomic mass is 35.5. The monoisotopic (exact) mass is 401 g/mol. The van der Waals surface area contributed by atoms with Gasteiger partial charge in [-0.3, -0.25) is 9.78 Å². The number of halogens is 1. The van der Waals surface area contributed by atoms with Crippen LogP contribution in [0.25, 0.3) is 45.1 Å². The quantitative estimate of drug-likeness (QED) is 0.482. The van der Waals surface area contributed by atoms with Crippen LogP contribution in [0.2, 0.25) is 5.02 Å². The summed E-state index contributed by atoms with van der Waals surface area (Å²) in [5.41, 5.74) is 2.88. The van der Waals surface area contributed by atoms with Crippen molar-refractivity contribution in [1.82, 2.24) is 25.1 Å². The van der Waals surface area contributed by atoms with Gasteiger partial charge in [0.25, 0.3) is 5.89 Å². The van der Waals surface area contributed by atoms with Gasteiger partial charge in [-0.15, -0.1) is 10.2 Å². The van der Waals surface area contributed by atoms with Gasteiger partial charge in [-0.25, -0.2) is 4.98 Å². The Kier molecular flexibility index (Phi) is 4.14. The van der Waals surface area contributed by atoms with Crippen LogP contribution in [-0.4, -0.2) is 25.1 Å². The number of H-pyrrole nitrogens is 1. The lowest BCUT2D eigenvalue weighted by Gasteiger charge is -2.04. The first-order valence-electron chi connectivity index (χ1n) is 8.71. The minimum atomic E-state index is -0.247. The highest BCUT2D eigenvalue weighted by Crippen LogP contribution is 2.25. The second kappa shape index (κ2) is 6.96. The molecule has 7 nitrogen and oxygen atoms in total. The number of fused-ring (bicyclic) bond motifs is 1. The predicted octanol–water partition coefficient (Wildman–Crippen LogP) is 4.36. The van der Waals surface area contributed by atoms with E-state index >= 15 is 0 Å². The molecule has 0 saturated carbocycles. The number of hydrogen-bond donors (Lipinski definition) is 1. The van der Waals surface area contributed by atoms with Gasteiger partial charge in [0.1, 0.15) is 11.2 Å². The number of rotatable bonds is 3. The van der Waals surface area contributed by atoms with Crippen LogP contribution in [0.15, 0.2) is 76.5 Å². The molecule has 140 valence electrons. The Morgan fingerprint density at radius 3 is 2.55 bits per heavy atom. The smallest absolute Gasteiger partial charge is 0.253 e. The van der Waals surface area contributed by atoms with Crippen molar-refractivity contribution in [2.45, 2.75) is 0 Å².